The van der Waals surface area contributed by atoms with E-state index in [1.807, 2.05) is 61.0 Å². The van der Waals surface area contributed by atoms with Crippen LogP contribution < -0.4 is 0 Å². The second-order valence-electron chi connectivity index (χ2n) is 15.7. The molecular weight excluding hydrogens is 755 g/mol. The van der Waals surface area contributed by atoms with Crippen molar-refractivity contribution in [1.82, 2.24) is 34.7 Å². The summed E-state index contributed by atoms with van der Waals surface area (Å²) in [5.74, 6) is 1.31. The normalized spacial score (nSPS) is 15.3. The topological polar surface area (TPSA) is 91.0 Å². The lowest BCUT2D eigenvalue weighted by atomic mass is 9.77. The van der Waals surface area contributed by atoms with Crippen LogP contribution in [0.3, 0.4) is 0 Å². The second-order valence-corrected chi connectivity index (χ2v) is 15.7. The van der Waals surface area contributed by atoms with Gasteiger partial charge >= 0.3 is 5.97 Å². The molecule has 0 radical (unpaired) electrons. The van der Waals surface area contributed by atoms with Crippen molar-refractivity contribution in [2.24, 2.45) is 0 Å². The highest BCUT2D eigenvalue weighted by molar-refractivity contribution is 5.84. The van der Waals surface area contributed by atoms with E-state index in [9.17, 15) is 4.79 Å². The Labute approximate surface area is 357 Å². The third kappa shape index (κ3) is 6.94. The van der Waals surface area contributed by atoms with Crippen molar-refractivity contribution >= 4 is 5.97 Å². The average Bonchev–Trinajstić information content (AvgIpc) is 3.96. The fourth-order valence-electron chi connectivity index (χ4n) is 9.22. The van der Waals surface area contributed by atoms with Crippen LogP contribution in [0.25, 0.3) is 28.2 Å². The summed E-state index contributed by atoms with van der Waals surface area (Å²) in [6.07, 6.45) is 2.41. The lowest BCUT2D eigenvalue weighted by Crippen LogP contribution is -2.55. The Morgan fingerprint density at radius 3 is 1.84 bits per heavy atom. The quantitative estimate of drug-likeness (QED) is 0.0847. The van der Waals surface area contributed by atoms with Gasteiger partial charge in [-0.05, 0) is 76.2 Å². The molecule has 9 heteroatoms. The van der Waals surface area contributed by atoms with E-state index in [1.54, 1.807) is 0 Å². The molecule has 1 unspecified atom stereocenters. The van der Waals surface area contributed by atoms with Crippen LogP contribution in [0, 0.1) is 0 Å². The zero-order valence-corrected chi connectivity index (χ0v) is 34.9. The van der Waals surface area contributed by atoms with E-state index in [2.05, 4.69) is 149 Å². The number of rotatable bonds is 13. The van der Waals surface area contributed by atoms with Gasteiger partial charge in [-0.2, -0.15) is 0 Å². The lowest BCUT2D eigenvalue weighted by Gasteiger charge is -2.43. The lowest BCUT2D eigenvalue weighted by molar-refractivity contribution is -0.159. The zero-order chi connectivity index (χ0) is 41.8. The Kier molecular flexibility index (Phi) is 11.0. The summed E-state index contributed by atoms with van der Waals surface area (Å²) in [6, 6.07) is 58.6. The van der Waals surface area contributed by atoms with Crippen LogP contribution in [0.1, 0.15) is 66.7 Å². The maximum Gasteiger partial charge on any atom is 0.332 e. The van der Waals surface area contributed by atoms with Crippen molar-refractivity contribution in [2.45, 2.75) is 57.7 Å². The zero-order valence-electron chi connectivity index (χ0n) is 34.9. The van der Waals surface area contributed by atoms with Gasteiger partial charge in [-0.15, -0.1) is 5.10 Å². The molecule has 8 aromatic rings. The van der Waals surface area contributed by atoms with Gasteiger partial charge in [0, 0.05) is 37.2 Å². The Bertz CT molecular complexity index is 2640. The van der Waals surface area contributed by atoms with Gasteiger partial charge in [-0.25, -0.2) is 14.5 Å². The first kappa shape index (κ1) is 39.5. The molecule has 3 heterocycles. The van der Waals surface area contributed by atoms with E-state index in [1.165, 1.54) is 0 Å². The molecule has 0 amide bonds. The van der Waals surface area contributed by atoms with E-state index in [0.29, 0.717) is 25.5 Å². The predicted molar refractivity (Wildman–Crippen MR) is 239 cm³/mol. The van der Waals surface area contributed by atoms with E-state index in [-0.39, 0.29) is 5.97 Å². The first-order valence-electron chi connectivity index (χ1n) is 21.2. The maximum atomic E-state index is 14.3. The van der Waals surface area contributed by atoms with Crippen molar-refractivity contribution < 1.29 is 9.53 Å². The van der Waals surface area contributed by atoms with Gasteiger partial charge in [0.1, 0.15) is 11.4 Å². The molecule has 2 aromatic heterocycles. The molecule has 0 bridgehead atoms. The molecule has 0 aliphatic carbocycles. The average molecular weight is 804 g/mol. The first-order valence-corrected chi connectivity index (χ1v) is 21.2. The molecule has 1 aliphatic heterocycles. The Morgan fingerprint density at radius 1 is 0.705 bits per heavy atom. The SMILES string of the molecule is CCCc1nc2c(n1-c1ccc(-c3ccccc3-c3nnnn3C(c3ccccc3)(c3ccccc3)c3ccccc3)cc1)C(C)(C(=O)OCC)N(Cc1ccccc1)CC2. The summed E-state index contributed by atoms with van der Waals surface area (Å²) < 4.78 is 10.1. The highest BCUT2D eigenvalue weighted by Gasteiger charge is 2.50. The number of esters is 1. The van der Waals surface area contributed by atoms with Gasteiger partial charge < -0.3 is 4.74 Å². The Balaban J connectivity index is 1.17. The number of aromatic nitrogens is 6. The molecule has 1 aliphatic rings. The molecule has 0 spiro atoms. The summed E-state index contributed by atoms with van der Waals surface area (Å²) in [5, 5.41) is 14.0. The van der Waals surface area contributed by atoms with Crippen LogP contribution in [0.2, 0.25) is 0 Å². The second kappa shape index (κ2) is 17.0. The molecule has 6 aromatic carbocycles. The summed E-state index contributed by atoms with van der Waals surface area (Å²) in [6.45, 7) is 7.63. The molecule has 9 rings (SSSR count). The number of ether oxygens (including phenoxy) is 1. The van der Waals surface area contributed by atoms with Gasteiger partial charge in [-0.1, -0.05) is 165 Å². The first-order chi connectivity index (χ1) is 30.0. The summed E-state index contributed by atoms with van der Waals surface area (Å²) in [7, 11) is 0. The van der Waals surface area contributed by atoms with E-state index in [0.717, 1.165) is 81.1 Å². The van der Waals surface area contributed by atoms with Crippen molar-refractivity contribution in [1.29, 1.82) is 0 Å². The number of tetrazole rings is 1. The van der Waals surface area contributed by atoms with Crippen LogP contribution >= 0.6 is 0 Å². The van der Waals surface area contributed by atoms with Crippen molar-refractivity contribution in [2.75, 3.05) is 13.2 Å². The van der Waals surface area contributed by atoms with Crippen molar-refractivity contribution in [3.05, 3.63) is 209 Å². The van der Waals surface area contributed by atoms with Gasteiger partial charge in [0.15, 0.2) is 11.4 Å². The van der Waals surface area contributed by atoms with Crippen LogP contribution in [-0.2, 0) is 40.0 Å². The Hall–Kier alpha value is -6.97. The largest absolute Gasteiger partial charge is 0.464 e. The third-order valence-electron chi connectivity index (χ3n) is 12.1. The number of carbonyl (C=O) groups excluding carboxylic acids is 1. The van der Waals surface area contributed by atoms with E-state index in [4.69, 9.17) is 20.0 Å². The summed E-state index contributed by atoms with van der Waals surface area (Å²) in [5.41, 5.74) is 7.93. The minimum absolute atomic E-state index is 0.267. The van der Waals surface area contributed by atoms with Crippen molar-refractivity contribution in [3.8, 4) is 28.2 Å². The number of aryl methyl sites for hydroxylation is 1. The molecule has 0 saturated heterocycles. The summed E-state index contributed by atoms with van der Waals surface area (Å²) in [4.78, 5) is 21.8. The Morgan fingerprint density at radius 2 is 1.26 bits per heavy atom. The highest BCUT2D eigenvalue weighted by atomic mass is 16.5. The molecule has 0 N–H and O–H groups in total. The molecule has 0 saturated carbocycles. The number of carbonyl (C=O) groups is 1. The van der Waals surface area contributed by atoms with Crippen LogP contribution in [0.4, 0.5) is 0 Å². The standard InChI is InChI=1S/C52H49N7O2/c1-4-20-47-53-46-35-36-57(37-38-21-10-6-11-22-38)51(3,50(60)61-5-2)48(46)58(47)43-33-31-39(32-34-43)44-29-18-19-30-45(44)49-54-55-56-59(49)52(40-23-12-7-13-24-40,41-25-14-8-15-26-41)42-27-16-9-17-28-42/h6-19,21-34H,4-5,20,35-37H2,1-3H3. The molecule has 9 nitrogen and oxygen atoms in total. The fourth-order valence-corrected chi connectivity index (χ4v) is 9.22. The molecule has 1 atom stereocenters. The van der Waals surface area contributed by atoms with E-state index < -0.39 is 11.1 Å². The maximum absolute atomic E-state index is 14.3. The smallest absolute Gasteiger partial charge is 0.332 e. The van der Waals surface area contributed by atoms with Crippen LogP contribution in [0.15, 0.2) is 170 Å². The molecular formula is C52H49N7O2. The molecule has 304 valence electrons. The van der Waals surface area contributed by atoms with E-state index >= 15 is 0 Å². The number of fused-ring (bicyclic) bond motifs is 1. The number of hydrogen-bond donors (Lipinski definition) is 0. The van der Waals surface area contributed by atoms with Gasteiger partial charge in [0.25, 0.3) is 0 Å². The van der Waals surface area contributed by atoms with Crippen LogP contribution in [0.5, 0.6) is 0 Å². The fraction of sp³-hybridized carbons (Fsp3) is 0.212. The highest BCUT2D eigenvalue weighted by Crippen LogP contribution is 2.44. The monoisotopic (exact) mass is 803 g/mol. The number of imidazole rings is 1. The number of hydrogen-bond acceptors (Lipinski definition) is 7. The minimum Gasteiger partial charge on any atom is -0.464 e. The van der Waals surface area contributed by atoms with Gasteiger partial charge in [0.05, 0.1) is 18.0 Å². The molecule has 61 heavy (non-hydrogen) atoms. The summed E-state index contributed by atoms with van der Waals surface area (Å²) >= 11 is 0. The predicted octanol–water partition coefficient (Wildman–Crippen LogP) is 9.82. The minimum atomic E-state index is -1.07. The van der Waals surface area contributed by atoms with Crippen molar-refractivity contribution in [3.63, 3.8) is 0 Å². The van der Waals surface area contributed by atoms with Crippen LogP contribution in [-0.4, -0.2) is 53.8 Å². The molecule has 0 fully saturated rings. The third-order valence-corrected chi connectivity index (χ3v) is 12.1. The van der Waals surface area contributed by atoms with Gasteiger partial charge in [0.2, 0.25) is 0 Å². The number of nitrogens with zero attached hydrogens (tertiary/aromatic N) is 7. The number of benzene rings is 6. The van der Waals surface area contributed by atoms with Gasteiger partial charge in [-0.3, -0.25) is 9.47 Å².